The van der Waals surface area contributed by atoms with Crippen LogP contribution in [-0.2, 0) is 32.7 Å². The molecule has 0 aromatic rings. The number of nitrogens with zero attached hydrogens (tertiary/aromatic N) is 1. The lowest BCUT2D eigenvalue weighted by atomic mass is 9.75. The monoisotopic (exact) mass is 639 g/mol. The van der Waals surface area contributed by atoms with E-state index in [0.29, 0.717) is 67.4 Å². The van der Waals surface area contributed by atoms with E-state index in [-0.39, 0.29) is 12.1 Å². The zero-order valence-electron chi connectivity index (χ0n) is 29.0. The zero-order chi connectivity index (χ0) is 32.0. The Kier molecular flexibility index (Phi) is 16.7. The summed E-state index contributed by atoms with van der Waals surface area (Å²) in [6.45, 7) is 12.3. The van der Waals surface area contributed by atoms with Crippen LogP contribution in [-0.4, -0.2) is 82.8 Å². The molecule has 9 heteroatoms. The lowest BCUT2D eigenvalue weighted by molar-refractivity contribution is -0.147. The molecule has 7 unspecified atom stereocenters. The van der Waals surface area contributed by atoms with Gasteiger partial charge in [0.2, 0.25) is 5.91 Å². The molecule has 2 saturated heterocycles. The molecule has 0 spiro atoms. The quantitative estimate of drug-likeness (QED) is 0.0614. The maximum absolute atomic E-state index is 12.3. The van der Waals surface area contributed by atoms with E-state index in [1.165, 1.54) is 45.4 Å². The van der Waals surface area contributed by atoms with E-state index in [9.17, 15) is 9.59 Å². The molecule has 44 heavy (non-hydrogen) atoms. The fraction of sp³-hybridized carbons (Fsp3) is 0.943. The van der Waals surface area contributed by atoms with E-state index in [0.717, 1.165) is 64.3 Å². The minimum atomic E-state index is -2.45. The Morgan fingerprint density at radius 3 is 2.16 bits per heavy atom. The summed E-state index contributed by atoms with van der Waals surface area (Å²) in [7, 11) is -0.683. The molecular formula is C35H65NO7Si. The summed E-state index contributed by atoms with van der Waals surface area (Å²) in [5.41, 5.74) is 0.418. The van der Waals surface area contributed by atoms with Crippen LogP contribution in [0.4, 0.5) is 0 Å². The summed E-state index contributed by atoms with van der Waals surface area (Å²) in [5.74, 6) is 1.50. The topological polar surface area (TPSA) is 86.8 Å². The van der Waals surface area contributed by atoms with Crippen LogP contribution in [0.1, 0.15) is 137 Å². The number of methoxy groups -OCH3 is 1. The van der Waals surface area contributed by atoms with Gasteiger partial charge >= 0.3 is 14.5 Å². The highest BCUT2D eigenvalue weighted by Gasteiger charge is 2.47. The normalized spacial score (nSPS) is 24.5. The number of likely N-dealkylation sites (tertiary alicyclic amines) is 1. The number of hydrogen-bond acceptors (Lipinski definition) is 7. The van der Waals surface area contributed by atoms with Crippen molar-refractivity contribution in [2.24, 2.45) is 11.8 Å². The zero-order valence-corrected chi connectivity index (χ0v) is 30.0. The first kappa shape index (κ1) is 37.5. The summed E-state index contributed by atoms with van der Waals surface area (Å²) in [4.78, 5) is 26.3. The number of carbonyl (C=O) groups is 2. The predicted molar refractivity (Wildman–Crippen MR) is 177 cm³/mol. The van der Waals surface area contributed by atoms with E-state index in [2.05, 4.69) is 32.6 Å². The molecular weight excluding hydrogens is 574 g/mol. The van der Waals surface area contributed by atoms with Crippen LogP contribution < -0.4 is 0 Å². The summed E-state index contributed by atoms with van der Waals surface area (Å²) >= 11 is 0. The third-order valence-corrected chi connectivity index (χ3v) is 14.8. The minimum Gasteiger partial charge on any atom is -0.463 e. The molecule has 2 heterocycles. The molecule has 1 amide bonds. The third kappa shape index (κ3) is 11.4. The largest absolute Gasteiger partial charge is 0.463 e. The predicted octanol–water partition coefficient (Wildman–Crippen LogP) is 7.49. The van der Waals surface area contributed by atoms with Gasteiger partial charge in [-0.05, 0) is 96.3 Å². The van der Waals surface area contributed by atoms with Crippen LogP contribution in [0.15, 0.2) is 0 Å². The summed E-state index contributed by atoms with van der Waals surface area (Å²) in [6.07, 6.45) is 18.5. The summed E-state index contributed by atoms with van der Waals surface area (Å²) in [6, 6.07) is 0.315. The molecule has 0 aromatic heterocycles. The van der Waals surface area contributed by atoms with Crippen LogP contribution in [0.3, 0.4) is 0 Å². The van der Waals surface area contributed by atoms with Gasteiger partial charge < -0.3 is 28.0 Å². The van der Waals surface area contributed by atoms with Gasteiger partial charge in [0.15, 0.2) is 0 Å². The first-order chi connectivity index (χ1) is 21.3. The molecule has 3 fully saturated rings. The van der Waals surface area contributed by atoms with E-state index in [4.69, 9.17) is 23.1 Å². The Bertz CT molecular complexity index is 827. The molecule has 0 radical (unpaired) electrons. The van der Waals surface area contributed by atoms with Crippen LogP contribution in [0, 0.1) is 11.8 Å². The molecule has 7 atom stereocenters. The van der Waals surface area contributed by atoms with Gasteiger partial charge in [-0.2, -0.15) is 0 Å². The van der Waals surface area contributed by atoms with Gasteiger partial charge in [0.1, 0.15) is 6.10 Å². The van der Waals surface area contributed by atoms with Gasteiger partial charge in [-0.15, -0.1) is 0 Å². The Hall–Kier alpha value is -1.00. The number of hydrogen-bond donors (Lipinski definition) is 0. The highest BCUT2D eigenvalue weighted by molar-refractivity contribution is 6.69. The molecule has 1 aliphatic carbocycles. The molecule has 8 nitrogen and oxygen atoms in total. The fourth-order valence-electron chi connectivity index (χ4n) is 8.33. The van der Waals surface area contributed by atoms with E-state index in [1.54, 1.807) is 7.11 Å². The number of esters is 1. The fourth-order valence-corrected chi connectivity index (χ4v) is 11.9. The van der Waals surface area contributed by atoms with Gasteiger partial charge in [-0.1, -0.05) is 39.5 Å². The molecule has 2 aliphatic heterocycles. The Morgan fingerprint density at radius 1 is 0.932 bits per heavy atom. The van der Waals surface area contributed by atoms with Gasteiger partial charge in [0, 0.05) is 51.8 Å². The molecule has 256 valence electrons. The van der Waals surface area contributed by atoms with Crippen LogP contribution in [0.25, 0.3) is 0 Å². The van der Waals surface area contributed by atoms with Gasteiger partial charge in [-0.3, -0.25) is 9.59 Å². The molecule has 0 aromatic carbocycles. The summed E-state index contributed by atoms with van der Waals surface area (Å²) < 4.78 is 30.2. The molecule has 0 bridgehead atoms. The second-order valence-corrected chi connectivity index (χ2v) is 16.8. The van der Waals surface area contributed by atoms with Crippen molar-refractivity contribution >= 4 is 20.4 Å². The molecule has 0 N–H and O–H groups in total. The van der Waals surface area contributed by atoms with Crippen molar-refractivity contribution in [1.29, 1.82) is 0 Å². The van der Waals surface area contributed by atoms with E-state index < -0.39 is 8.56 Å². The number of epoxide rings is 1. The van der Waals surface area contributed by atoms with Crippen molar-refractivity contribution in [3.63, 3.8) is 0 Å². The number of ether oxygens (including phenoxy) is 3. The average Bonchev–Trinajstić information content (AvgIpc) is 3.66. The van der Waals surface area contributed by atoms with Crippen LogP contribution >= 0.6 is 0 Å². The minimum absolute atomic E-state index is 0.0371. The van der Waals surface area contributed by atoms with Crippen molar-refractivity contribution in [3.05, 3.63) is 0 Å². The van der Waals surface area contributed by atoms with Gasteiger partial charge in [-0.25, -0.2) is 0 Å². The molecule has 3 rings (SSSR count). The first-order valence-electron chi connectivity index (χ1n) is 18.2. The number of carbonyl (C=O) groups excluding carboxylic acids is 2. The number of fused-ring (bicyclic) bond motifs is 1. The highest BCUT2D eigenvalue weighted by Crippen LogP contribution is 2.45. The maximum atomic E-state index is 12.3. The van der Waals surface area contributed by atoms with Crippen molar-refractivity contribution in [3.8, 4) is 0 Å². The summed E-state index contributed by atoms with van der Waals surface area (Å²) in [5, 5.41) is 0. The maximum Gasteiger partial charge on any atom is 0.367 e. The second-order valence-electron chi connectivity index (χ2n) is 13.5. The Balaban J connectivity index is 1.55. The lowest BCUT2D eigenvalue weighted by Gasteiger charge is -2.36. The van der Waals surface area contributed by atoms with Crippen molar-refractivity contribution in [2.45, 2.75) is 167 Å². The van der Waals surface area contributed by atoms with Crippen molar-refractivity contribution in [2.75, 3.05) is 33.1 Å². The number of amides is 1. The second kappa shape index (κ2) is 19.6. The Morgan fingerprint density at radius 2 is 1.61 bits per heavy atom. The van der Waals surface area contributed by atoms with Crippen LogP contribution in [0.2, 0.25) is 5.54 Å². The van der Waals surface area contributed by atoms with Gasteiger partial charge in [0.25, 0.3) is 0 Å². The van der Waals surface area contributed by atoms with Crippen LogP contribution in [0.5, 0.6) is 0 Å². The highest BCUT2D eigenvalue weighted by atomic mass is 28.4. The third-order valence-electron chi connectivity index (χ3n) is 10.6. The first-order valence-corrected chi connectivity index (χ1v) is 20.3. The van der Waals surface area contributed by atoms with E-state index in [1.807, 2.05) is 0 Å². The number of rotatable bonds is 24. The molecule has 1 saturated carbocycles. The smallest absolute Gasteiger partial charge is 0.367 e. The molecule has 3 aliphatic rings. The average molecular weight is 640 g/mol. The standard InChI is InChI=1S/C35H65NO7Si/c1-7-30(36-24-14-21-35(36)38)17-13-19-31(42-27(5)37)18-11-15-28(29-22-23-33-34(25-29)43-33)16-12-20-32(8-2)44(26-39-6,40-9-3)41-10-4/h28-34H,7-26H2,1-6H3. The van der Waals surface area contributed by atoms with Gasteiger partial charge in [0.05, 0.1) is 18.4 Å². The van der Waals surface area contributed by atoms with Crippen molar-refractivity contribution < 1.29 is 32.7 Å². The SMILES string of the molecule is CCO[Si](COC)(OCC)C(CC)CCCC(CCCC(CCCC(CC)N1CCCC1=O)OC(C)=O)C1CCC2OC2C1. The Labute approximate surface area is 269 Å². The van der Waals surface area contributed by atoms with E-state index >= 15 is 0 Å². The van der Waals surface area contributed by atoms with Crippen molar-refractivity contribution in [1.82, 2.24) is 4.90 Å². The lowest BCUT2D eigenvalue weighted by Crippen LogP contribution is -2.51.